The predicted molar refractivity (Wildman–Crippen MR) is 98.7 cm³/mol. The van der Waals surface area contributed by atoms with Crippen molar-refractivity contribution in [1.29, 1.82) is 0 Å². The molecule has 1 aromatic heterocycles. The van der Waals surface area contributed by atoms with Gasteiger partial charge in [0.05, 0.1) is 11.1 Å². The van der Waals surface area contributed by atoms with Crippen molar-refractivity contribution in [2.45, 2.75) is 6.18 Å². The standard InChI is InChI=1S/C22H14F3NO/c23-22(24,25)17-9-6-8-15(13-17)19-14-16-7-4-5-12-20(16)26-21(19)27-18-10-2-1-3-11-18/h1-14H. The third-order valence-corrected chi connectivity index (χ3v) is 4.15. The molecule has 0 bridgehead atoms. The summed E-state index contributed by atoms with van der Waals surface area (Å²) in [6, 6.07) is 23.4. The molecular weight excluding hydrogens is 351 g/mol. The number of hydrogen-bond acceptors (Lipinski definition) is 2. The van der Waals surface area contributed by atoms with Crippen LogP contribution in [0.25, 0.3) is 22.0 Å². The van der Waals surface area contributed by atoms with Crippen LogP contribution in [0.1, 0.15) is 5.56 Å². The normalized spacial score (nSPS) is 11.5. The molecule has 0 aliphatic heterocycles. The van der Waals surface area contributed by atoms with Crippen LogP contribution in [0, 0.1) is 0 Å². The lowest BCUT2D eigenvalue weighted by molar-refractivity contribution is -0.137. The second-order valence-corrected chi connectivity index (χ2v) is 6.03. The second-order valence-electron chi connectivity index (χ2n) is 6.03. The van der Waals surface area contributed by atoms with Crippen molar-refractivity contribution in [2.24, 2.45) is 0 Å². The Bertz CT molecular complexity index is 1090. The zero-order valence-corrected chi connectivity index (χ0v) is 14.1. The van der Waals surface area contributed by atoms with Gasteiger partial charge >= 0.3 is 6.18 Å². The summed E-state index contributed by atoms with van der Waals surface area (Å²) in [7, 11) is 0. The molecular formula is C22H14F3NO. The van der Waals surface area contributed by atoms with Gasteiger partial charge in [-0.1, -0.05) is 48.5 Å². The van der Waals surface area contributed by atoms with Gasteiger partial charge in [-0.25, -0.2) is 4.98 Å². The van der Waals surface area contributed by atoms with E-state index in [2.05, 4.69) is 4.98 Å². The van der Waals surface area contributed by atoms with Crippen LogP contribution in [0.4, 0.5) is 13.2 Å². The van der Waals surface area contributed by atoms with Crippen LogP contribution in [-0.4, -0.2) is 4.98 Å². The summed E-state index contributed by atoms with van der Waals surface area (Å²) in [6.45, 7) is 0. The van der Waals surface area contributed by atoms with E-state index in [1.165, 1.54) is 6.07 Å². The first-order valence-corrected chi connectivity index (χ1v) is 8.31. The quantitative estimate of drug-likeness (QED) is 0.402. The van der Waals surface area contributed by atoms with Crippen LogP contribution in [0.15, 0.2) is 84.9 Å². The Kier molecular flexibility index (Phi) is 4.28. The molecule has 0 saturated heterocycles. The number of para-hydroxylation sites is 2. The van der Waals surface area contributed by atoms with Gasteiger partial charge in [-0.2, -0.15) is 13.2 Å². The molecule has 0 unspecified atom stereocenters. The highest BCUT2D eigenvalue weighted by atomic mass is 19.4. The second kappa shape index (κ2) is 6.76. The number of alkyl halides is 3. The molecule has 0 aliphatic carbocycles. The lowest BCUT2D eigenvalue weighted by Crippen LogP contribution is -2.04. The predicted octanol–water partition coefficient (Wildman–Crippen LogP) is 6.71. The number of hydrogen-bond donors (Lipinski definition) is 0. The largest absolute Gasteiger partial charge is 0.438 e. The van der Waals surface area contributed by atoms with E-state index in [-0.39, 0.29) is 5.88 Å². The van der Waals surface area contributed by atoms with Gasteiger partial charge in [0.25, 0.3) is 0 Å². The number of aromatic nitrogens is 1. The minimum absolute atomic E-state index is 0.263. The van der Waals surface area contributed by atoms with Crippen molar-refractivity contribution >= 4 is 10.9 Å². The summed E-state index contributed by atoms with van der Waals surface area (Å²) < 4.78 is 45.3. The van der Waals surface area contributed by atoms with Gasteiger partial charge in [0.2, 0.25) is 5.88 Å². The third kappa shape index (κ3) is 3.62. The Morgan fingerprint density at radius 1 is 0.741 bits per heavy atom. The Morgan fingerprint density at radius 2 is 1.48 bits per heavy atom. The Labute approximate surface area is 153 Å². The van der Waals surface area contributed by atoms with E-state index in [9.17, 15) is 13.2 Å². The zero-order chi connectivity index (χ0) is 18.9. The van der Waals surface area contributed by atoms with Crippen molar-refractivity contribution in [3.05, 3.63) is 90.5 Å². The van der Waals surface area contributed by atoms with Gasteiger partial charge in [-0.05, 0) is 42.0 Å². The fourth-order valence-electron chi connectivity index (χ4n) is 2.85. The molecule has 4 rings (SSSR count). The van der Waals surface area contributed by atoms with Crippen LogP contribution in [0.2, 0.25) is 0 Å². The number of fused-ring (bicyclic) bond motifs is 1. The molecule has 0 radical (unpaired) electrons. The molecule has 1 heterocycles. The first kappa shape index (κ1) is 17.1. The van der Waals surface area contributed by atoms with E-state index in [0.717, 1.165) is 17.5 Å². The Balaban J connectivity index is 1.89. The van der Waals surface area contributed by atoms with Gasteiger partial charge < -0.3 is 4.74 Å². The first-order valence-electron chi connectivity index (χ1n) is 8.31. The molecule has 134 valence electrons. The topological polar surface area (TPSA) is 22.1 Å². The lowest BCUT2D eigenvalue weighted by Gasteiger charge is -2.14. The van der Waals surface area contributed by atoms with Crippen molar-refractivity contribution < 1.29 is 17.9 Å². The molecule has 0 N–H and O–H groups in total. The van der Waals surface area contributed by atoms with E-state index in [1.807, 2.05) is 42.5 Å². The highest BCUT2D eigenvalue weighted by Crippen LogP contribution is 2.37. The molecule has 0 saturated carbocycles. The number of rotatable bonds is 3. The number of halogens is 3. The summed E-state index contributed by atoms with van der Waals surface area (Å²) in [5.41, 5.74) is 0.899. The highest BCUT2D eigenvalue weighted by Gasteiger charge is 2.30. The first-order chi connectivity index (χ1) is 13.0. The maximum Gasteiger partial charge on any atom is 0.416 e. The SMILES string of the molecule is FC(F)(F)c1cccc(-c2cc3ccccc3nc2Oc2ccccc2)c1. The van der Waals surface area contributed by atoms with Crippen molar-refractivity contribution in [1.82, 2.24) is 4.98 Å². The molecule has 27 heavy (non-hydrogen) atoms. The maximum absolute atomic E-state index is 13.1. The number of nitrogens with zero attached hydrogens (tertiary/aromatic N) is 1. The molecule has 0 aliphatic rings. The van der Waals surface area contributed by atoms with Crippen molar-refractivity contribution in [2.75, 3.05) is 0 Å². The van der Waals surface area contributed by atoms with Crippen LogP contribution >= 0.6 is 0 Å². The smallest absolute Gasteiger partial charge is 0.416 e. The van der Waals surface area contributed by atoms with Gasteiger partial charge in [-0.3, -0.25) is 0 Å². The van der Waals surface area contributed by atoms with Crippen molar-refractivity contribution in [3.63, 3.8) is 0 Å². The Morgan fingerprint density at radius 3 is 2.26 bits per heavy atom. The lowest BCUT2D eigenvalue weighted by atomic mass is 10.0. The van der Waals surface area contributed by atoms with Gasteiger partial charge in [0.1, 0.15) is 5.75 Å². The van der Waals surface area contributed by atoms with Crippen LogP contribution in [-0.2, 0) is 6.18 Å². The third-order valence-electron chi connectivity index (χ3n) is 4.15. The molecule has 5 heteroatoms. The number of benzene rings is 3. The molecule has 3 aromatic carbocycles. The van der Waals surface area contributed by atoms with Crippen LogP contribution in [0.3, 0.4) is 0 Å². The van der Waals surface area contributed by atoms with Gasteiger partial charge in [0, 0.05) is 10.9 Å². The maximum atomic E-state index is 13.1. The molecule has 2 nitrogen and oxygen atoms in total. The minimum atomic E-state index is -4.42. The average molecular weight is 365 g/mol. The van der Waals surface area contributed by atoms with Crippen LogP contribution in [0.5, 0.6) is 11.6 Å². The van der Waals surface area contributed by atoms with E-state index >= 15 is 0 Å². The molecule has 4 aromatic rings. The monoisotopic (exact) mass is 365 g/mol. The summed E-state index contributed by atoms with van der Waals surface area (Å²) in [4.78, 5) is 4.54. The summed E-state index contributed by atoms with van der Waals surface area (Å²) in [5.74, 6) is 0.827. The fraction of sp³-hybridized carbons (Fsp3) is 0.0455. The molecule has 0 spiro atoms. The molecule has 0 amide bonds. The minimum Gasteiger partial charge on any atom is -0.438 e. The van der Waals surface area contributed by atoms with Crippen molar-refractivity contribution in [3.8, 4) is 22.8 Å². The fourth-order valence-corrected chi connectivity index (χ4v) is 2.85. The number of ether oxygens (including phenoxy) is 1. The highest BCUT2D eigenvalue weighted by molar-refractivity contribution is 5.86. The summed E-state index contributed by atoms with van der Waals surface area (Å²) in [6.07, 6.45) is -4.42. The summed E-state index contributed by atoms with van der Waals surface area (Å²) >= 11 is 0. The van der Waals surface area contributed by atoms with Gasteiger partial charge in [0.15, 0.2) is 0 Å². The van der Waals surface area contributed by atoms with Gasteiger partial charge in [-0.15, -0.1) is 0 Å². The Hall–Kier alpha value is -3.34. The van der Waals surface area contributed by atoms with E-state index < -0.39 is 11.7 Å². The molecule has 0 atom stereocenters. The van der Waals surface area contributed by atoms with Crippen LogP contribution < -0.4 is 4.74 Å². The summed E-state index contributed by atoms with van der Waals surface area (Å²) in [5, 5.41) is 0.824. The number of pyridine rings is 1. The van der Waals surface area contributed by atoms with E-state index in [1.54, 1.807) is 24.3 Å². The van der Waals surface area contributed by atoms with E-state index in [4.69, 9.17) is 4.74 Å². The van der Waals surface area contributed by atoms with E-state index in [0.29, 0.717) is 22.4 Å². The molecule has 0 fully saturated rings. The zero-order valence-electron chi connectivity index (χ0n) is 14.1. The average Bonchev–Trinajstić information content (AvgIpc) is 2.68.